The van der Waals surface area contributed by atoms with Gasteiger partial charge in [-0.25, -0.2) is 0 Å². The number of ether oxygens (including phenoxy) is 1. The highest BCUT2D eigenvalue weighted by atomic mass is 16.5. The van der Waals surface area contributed by atoms with E-state index in [1.54, 1.807) is 0 Å². The number of nitrogens with two attached hydrogens (primary N) is 1. The minimum Gasteiger partial charge on any atom is -0.465 e. The fraction of sp³-hybridized carbons (Fsp3) is 0.929. The molecule has 0 heterocycles. The van der Waals surface area contributed by atoms with E-state index >= 15 is 0 Å². The van der Waals surface area contributed by atoms with Gasteiger partial charge in [-0.2, -0.15) is 0 Å². The Kier molecular flexibility index (Phi) is 4.28. The van der Waals surface area contributed by atoms with Gasteiger partial charge in [-0.3, -0.25) is 4.79 Å². The first-order valence-electron chi connectivity index (χ1n) is 7.24. The zero-order valence-electron chi connectivity index (χ0n) is 11.7. The number of carbonyl (C=O) groups excluding carboxylic acids is 1. The molecule has 0 aromatic rings. The zero-order chi connectivity index (χ0) is 13.2. The molecule has 0 saturated heterocycles. The van der Waals surface area contributed by atoms with Crippen molar-refractivity contribution in [2.24, 2.45) is 11.7 Å². The first-order chi connectivity index (χ1) is 8.58. The molecule has 2 N–H and O–H groups in total. The van der Waals surface area contributed by atoms with Crippen LogP contribution in [0, 0.1) is 5.92 Å². The van der Waals surface area contributed by atoms with E-state index in [0.717, 1.165) is 38.3 Å². The lowest BCUT2D eigenvalue weighted by molar-refractivity contribution is -0.151. The van der Waals surface area contributed by atoms with Crippen LogP contribution < -0.4 is 5.73 Å². The maximum Gasteiger partial charge on any atom is 0.326 e. The molecule has 18 heavy (non-hydrogen) atoms. The van der Waals surface area contributed by atoms with Crippen LogP contribution in [0.3, 0.4) is 0 Å². The Morgan fingerprint density at radius 1 is 1.44 bits per heavy atom. The molecule has 2 aliphatic carbocycles. The van der Waals surface area contributed by atoms with Crippen molar-refractivity contribution >= 4 is 5.97 Å². The summed E-state index contributed by atoms with van der Waals surface area (Å²) < 4.78 is 5.15. The minimum absolute atomic E-state index is 0.193. The summed E-state index contributed by atoms with van der Waals surface area (Å²) in [5.41, 5.74) is 5.60. The van der Waals surface area contributed by atoms with Gasteiger partial charge < -0.3 is 15.4 Å². The van der Waals surface area contributed by atoms with Crippen molar-refractivity contribution in [1.82, 2.24) is 4.90 Å². The van der Waals surface area contributed by atoms with Gasteiger partial charge in [0.1, 0.15) is 5.54 Å². The lowest BCUT2D eigenvalue weighted by Gasteiger charge is -2.30. The predicted octanol–water partition coefficient (Wildman–Crippen LogP) is 1.53. The zero-order valence-corrected chi connectivity index (χ0v) is 11.7. The summed E-state index contributed by atoms with van der Waals surface area (Å²) in [5.74, 6) is 0.0966. The van der Waals surface area contributed by atoms with Crippen molar-refractivity contribution in [3.63, 3.8) is 0 Å². The van der Waals surface area contributed by atoms with Crippen molar-refractivity contribution in [2.75, 3.05) is 20.2 Å². The smallest absolute Gasteiger partial charge is 0.326 e. The second kappa shape index (κ2) is 5.57. The Morgan fingerprint density at radius 3 is 2.78 bits per heavy atom. The molecule has 0 spiro atoms. The molecule has 2 saturated carbocycles. The summed E-state index contributed by atoms with van der Waals surface area (Å²) in [4.78, 5) is 14.4. The van der Waals surface area contributed by atoms with Crippen LogP contribution in [0.5, 0.6) is 0 Å². The molecule has 2 fully saturated rings. The summed E-state index contributed by atoms with van der Waals surface area (Å²) in [6.07, 6.45) is 6.56. The van der Waals surface area contributed by atoms with E-state index in [2.05, 4.69) is 11.9 Å². The maximum atomic E-state index is 12.0. The molecule has 104 valence electrons. The Bertz CT molecular complexity index is 304. The second-order valence-corrected chi connectivity index (χ2v) is 5.85. The molecular formula is C14H26N2O2. The number of rotatable bonds is 6. The largest absolute Gasteiger partial charge is 0.465 e. The number of carbonyl (C=O) groups is 1. The normalized spacial score (nSPS) is 31.9. The molecule has 2 atom stereocenters. The van der Waals surface area contributed by atoms with Crippen LogP contribution in [-0.4, -0.2) is 42.6 Å². The lowest BCUT2D eigenvalue weighted by Crippen LogP contribution is -2.52. The van der Waals surface area contributed by atoms with Crippen LogP contribution in [0.25, 0.3) is 0 Å². The summed E-state index contributed by atoms with van der Waals surface area (Å²) in [5, 5.41) is 0. The van der Waals surface area contributed by atoms with Gasteiger partial charge in [0.15, 0.2) is 0 Å². The SMILES string of the molecule is CCOC(=O)C1(N)CCCC1CCN(C)C1CC1. The van der Waals surface area contributed by atoms with Crippen LogP contribution in [0.1, 0.15) is 45.4 Å². The van der Waals surface area contributed by atoms with Gasteiger partial charge >= 0.3 is 5.97 Å². The van der Waals surface area contributed by atoms with E-state index in [-0.39, 0.29) is 11.9 Å². The van der Waals surface area contributed by atoms with Crippen molar-refractivity contribution in [1.29, 1.82) is 0 Å². The average Bonchev–Trinajstić information content (AvgIpc) is 3.12. The summed E-state index contributed by atoms with van der Waals surface area (Å²) in [6.45, 7) is 3.31. The first-order valence-corrected chi connectivity index (χ1v) is 7.24. The maximum absolute atomic E-state index is 12.0. The molecular weight excluding hydrogens is 228 g/mol. The summed E-state index contributed by atoms with van der Waals surface area (Å²) in [7, 11) is 2.18. The molecule has 0 bridgehead atoms. The minimum atomic E-state index is -0.722. The third kappa shape index (κ3) is 2.86. The van der Waals surface area contributed by atoms with E-state index < -0.39 is 5.54 Å². The molecule has 0 aromatic carbocycles. The van der Waals surface area contributed by atoms with Gasteiger partial charge in [0, 0.05) is 6.04 Å². The molecule has 2 rings (SSSR count). The van der Waals surface area contributed by atoms with Crippen LogP contribution in [0.4, 0.5) is 0 Å². The van der Waals surface area contributed by atoms with Gasteiger partial charge in [-0.1, -0.05) is 6.42 Å². The monoisotopic (exact) mass is 254 g/mol. The third-order valence-corrected chi connectivity index (χ3v) is 4.53. The van der Waals surface area contributed by atoms with Gasteiger partial charge in [-0.15, -0.1) is 0 Å². The van der Waals surface area contributed by atoms with Gasteiger partial charge in [-0.05, 0) is 58.5 Å². The fourth-order valence-corrected chi connectivity index (χ4v) is 3.10. The van der Waals surface area contributed by atoms with Crippen molar-refractivity contribution in [3.05, 3.63) is 0 Å². The summed E-state index contributed by atoms with van der Waals surface area (Å²) in [6, 6.07) is 0.779. The van der Waals surface area contributed by atoms with Crippen LogP contribution in [-0.2, 0) is 9.53 Å². The Morgan fingerprint density at radius 2 is 2.17 bits per heavy atom. The average molecular weight is 254 g/mol. The first kappa shape index (κ1) is 13.8. The van der Waals surface area contributed by atoms with E-state index in [1.165, 1.54) is 12.8 Å². The molecule has 2 aliphatic rings. The van der Waals surface area contributed by atoms with Crippen LogP contribution in [0.2, 0.25) is 0 Å². The van der Waals surface area contributed by atoms with Crippen molar-refractivity contribution < 1.29 is 9.53 Å². The van der Waals surface area contributed by atoms with Gasteiger partial charge in [0.2, 0.25) is 0 Å². The van der Waals surface area contributed by atoms with Crippen LogP contribution >= 0.6 is 0 Å². The number of esters is 1. The molecule has 4 nitrogen and oxygen atoms in total. The molecule has 0 aliphatic heterocycles. The highest BCUT2D eigenvalue weighted by molar-refractivity contribution is 5.81. The number of hydrogen-bond acceptors (Lipinski definition) is 4. The highest BCUT2D eigenvalue weighted by Gasteiger charge is 2.46. The second-order valence-electron chi connectivity index (χ2n) is 5.85. The topological polar surface area (TPSA) is 55.6 Å². The quantitative estimate of drug-likeness (QED) is 0.730. The van der Waals surface area contributed by atoms with Crippen molar-refractivity contribution in [3.8, 4) is 0 Å². The van der Waals surface area contributed by atoms with Gasteiger partial charge in [0.05, 0.1) is 6.61 Å². The fourth-order valence-electron chi connectivity index (χ4n) is 3.10. The van der Waals surface area contributed by atoms with Crippen molar-refractivity contribution in [2.45, 2.75) is 57.0 Å². The molecule has 0 aromatic heterocycles. The van der Waals surface area contributed by atoms with Gasteiger partial charge in [0.25, 0.3) is 0 Å². The van der Waals surface area contributed by atoms with E-state index in [1.807, 2.05) is 6.92 Å². The summed E-state index contributed by atoms with van der Waals surface area (Å²) >= 11 is 0. The van der Waals surface area contributed by atoms with E-state index in [4.69, 9.17) is 10.5 Å². The lowest BCUT2D eigenvalue weighted by atomic mass is 9.85. The Balaban J connectivity index is 1.87. The van der Waals surface area contributed by atoms with E-state index in [0.29, 0.717) is 6.61 Å². The molecule has 0 radical (unpaired) electrons. The molecule has 4 heteroatoms. The Hall–Kier alpha value is -0.610. The molecule has 0 amide bonds. The predicted molar refractivity (Wildman–Crippen MR) is 71.2 cm³/mol. The van der Waals surface area contributed by atoms with E-state index in [9.17, 15) is 4.79 Å². The number of hydrogen-bond donors (Lipinski definition) is 1. The Labute approximate surface area is 110 Å². The highest BCUT2D eigenvalue weighted by Crippen LogP contribution is 2.37. The standard InChI is InChI=1S/C14H26N2O2/c1-3-18-13(17)14(15)9-4-5-11(14)8-10-16(2)12-6-7-12/h11-12H,3-10,15H2,1-2H3. The third-order valence-electron chi connectivity index (χ3n) is 4.53. The number of nitrogens with zero attached hydrogens (tertiary/aromatic N) is 1. The van der Waals surface area contributed by atoms with Crippen LogP contribution in [0.15, 0.2) is 0 Å². The molecule has 2 unspecified atom stereocenters.